The maximum Gasteiger partial charge on any atom is 0.182 e. The molecule has 0 radical (unpaired) electrons. The van der Waals surface area contributed by atoms with Gasteiger partial charge < -0.3 is 0 Å². The van der Waals surface area contributed by atoms with E-state index in [9.17, 15) is 0 Å². The average molecular weight is 272 g/mol. The minimum absolute atomic E-state index is 0.787. The highest BCUT2D eigenvalue weighted by molar-refractivity contribution is 9.11. The molecular formula is C9H10BrN3S. The summed E-state index contributed by atoms with van der Waals surface area (Å²) in [6.45, 7) is 2.13. The quantitative estimate of drug-likeness (QED) is 0.931. The molecule has 3 nitrogen and oxygen atoms in total. The van der Waals surface area contributed by atoms with Crippen LogP contribution in [0.4, 0.5) is 0 Å². The molecule has 2 rings (SSSR count). The number of hydrogen-bond donors (Lipinski definition) is 1. The normalized spacial score (nSPS) is 10.7. The van der Waals surface area contributed by atoms with Crippen molar-refractivity contribution in [3.63, 3.8) is 0 Å². The van der Waals surface area contributed by atoms with Crippen LogP contribution in [0.5, 0.6) is 0 Å². The standard InChI is InChI=1S/C9H10BrN3S/c1-2-3-8-11-9(13-12-8)6-4-7(10)14-5-6/h4-5H,2-3H2,1H3,(H,11,12,13). The molecule has 2 aromatic heterocycles. The van der Waals surface area contributed by atoms with Gasteiger partial charge in [0.05, 0.1) is 3.79 Å². The molecule has 0 saturated carbocycles. The first kappa shape index (κ1) is 9.86. The fourth-order valence-corrected chi connectivity index (χ4v) is 2.34. The van der Waals surface area contributed by atoms with E-state index in [1.165, 1.54) is 0 Å². The predicted octanol–water partition coefficient (Wildman–Crippen LogP) is 3.25. The van der Waals surface area contributed by atoms with Gasteiger partial charge in [-0.25, -0.2) is 4.98 Å². The first-order chi connectivity index (χ1) is 6.79. The van der Waals surface area contributed by atoms with Crippen molar-refractivity contribution in [1.82, 2.24) is 15.2 Å². The second-order valence-corrected chi connectivity index (χ2v) is 5.29. The Kier molecular flexibility index (Phi) is 2.98. The number of rotatable bonds is 3. The molecule has 2 heterocycles. The first-order valence-electron chi connectivity index (χ1n) is 4.45. The van der Waals surface area contributed by atoms with Gasteiger partial charge in [-0.3, -0.25) is 5.10 Å². The van der Waals surface area contributed by atoms with Gasteiger partial charge in [0.1, 0.15) is 5.82 Å². The van der Waals surface area contributed by atoms with Crippen LogP contribution in [0.3, 0.4) is 0 Å². The predicted molar refractivity (Wildman–Crippen MR) is 61.4 cm³/mol. The maximum absolute atomic E-state index is 4.40. The number of aromatic amines is 1. The van der Waals surface area contributed by atoms with E-state index in [1.54, 1.807) is 11.3 Å². The summed E-state index contributed by atoms with van der Waals surface area (Å²) in [5.74, 6) is 1.75. The molecule has 14 heavy (non-hydrogen) atoms. The summed E-state index contributed by atoms with van der Waals surface area (Å²) in [5.41, 5.74) is 1.07. The third-order valence-corrected chi connectivity index (χ3v) is 3.35. The molecule has 2 aromatic rings. The molecule has 0 unspecified atom stereocenters. The highest BCUT2D eigenvalue weighted by Gasteiger charge is 2.06. The lowest BCUT2D eigenvalue weighted by molar-refractivity contribution is 0.841. The average Bonchev–Trinajstić information content (AvgIpc) is 2.74. The Bertz CT molecular complexity index is 421. The van der Waals surface area contributed by atoms with Crippen LogP contribution >= 0.6 is 27.3 Å². The molecule has 0 aliphatic carbocycles. The fraction of sp³-hybridized carbons (Fsp3) is 0.333. The topological polar surface area (TPSA) is 41.6 Å². The van der Waals surface area contributed by atoms with E-state index >= 15 is 0 Å². The van der Waals surface area contributed by atoms with Crippen LogP contribution in [0.25, 0.3) is 11.4 Å². The van der Waals surface area contributed by atoms with Crippen molar-refractivity contribution in [2.24, 2.45) is 0 Å². The smallest absolute Gasteiger partial charge is 0.182 e. The van der Waals surface area contributed by atoms with E-state index < -0.39 is 0 Å². The number of nitrogens with one attached hydrogen (secondary N) is 1. The van der Waals surface area contributed by atoms with Crippen molar-refractivity contribution in [2.45, 2.75) is 19.8 Å². The number of aryl methyl sites for hydroxylation is 1. The van der Waals surface area contributed by atoms with Gasteiger partial charge in [-0.2, -0.15) is 5.10 Å². The molecule has 5 heteroatoms. The summed E-state index contributed by atoms with van der Waals surface area (Å²) in [4.78, 5) is 4.40. The molecule has 0 aliphatic heterocycles. The van der Waals surface area contributed by atoms with E-state index in [2.05, 4.69) is 38.0 Å². The van der Waals surface area contributed by atoms with Crippen molar-refractivity contribution < 1.29 is 0 Å². The van der Waals surface area contributed by atoms with Crippen molar-refractivity contribution >= 4 is 27.3 Å². The van der Waals surface area contributed by atoms with Gasteiger partial charge in [0, 0.05) is 17.4 Å². The molecule has 0 saturated heterocycles. The zero-order chi connectivity index (χ0) is 9.97. The van der Waals surface area contributed by atoms with Crippen LogP contribution in [0.1, 0.15) is 19.2 Å². The van der Waals surface area contributed by atoms with Crippen LogP contribution < -0.4 is 0 Å². The second kappa shape index (κ2) is 4.23. The molecule has 0 atom stereocenters. The number of halogens is 1. The van der Waals surface area contributed by atoms with Crippen LogP contribution in [0.2, 0.25) is 0 Å². The van der Waals surface area contributed by atoms with E-state index in [1.807, 2.05) is 11.4 Å². The lowest BCUT2D eigenvalue weighted by Crippen LogP contribution is -1.84. The summed E-state index contributed by atoms with van der Waals surface area (Å²) in [7, 11) is 0. The zero-order valence-electron chi connectivity index (χ0n) is 7.75. The minimum Gasteiger partial charge on any atom is -0.263 e. The van der Waals surface area contributed by atoms with Gasteiger partial charge in [0.15, 0.2) is 5.82 Å². The van der Waals surface area contributed by atoms with Crippen LogP contribution in [0.15, 0.2) is 15.2 Å². The number of aromatic nitrogens is 3. The van der Waals surface area contributed by atoms with E-state index in [4.69, 9.17) is 0 Å². The van der Waals surface area contributed by atoms with E-state index in [0.717, 1.165) is 33.8 Å². The fourth-order valence-electron chi connectivity index (χ4n) is 1.20. The Morgan fingerprint density at radius 2 is 2.43 bits per heavy atom. The monoisotopic (exact) mass is 271 g/mol. The van der Waals surface area contributed by atoms with Crippen molar-refractivity contribution in [3.05, 3.63) is 21.1 Å². The summed E-state index contributed by atoms with van der Waals surface area (Å²) in [6, 6.07) is 2.03. The lowest BCUT2D eigenvalue weighted by Gasteiger charge is -1.87. The Morgan fingerprint density at radius 3 is 3.07 bits per heavy atom. The largest absolute Gasteiger partial charge is 0.263 e. The second-order valence-electron chi connectivity index (χ2n) is 3.00. The molecule has 74 valence electrons. The van der Waals surface area contributed by atoms with Crippen LogP contribution in [-0.4, -0.2) is 15.2 Å². The Balaban J connectivity index is 2.24. The Morgan fingerprint density at radius 1 is 1.57 bits per heavy atom. The first-order valence-corrected chi connectivity index (χ1v) is 6.12. The third-order valence-electron chi connectivity index (χ3n) is 1.84. The van der Waals surface area contributed by atoms with Gasteiger partial charge in [-0.15, -0.1) is 11.3 Å². The summed E-state index contributed by atoms with van der Waals surface area (Å²) in [5, 5.41) is 9.16. The molecule has 1 N–H and O–H groups in total. The van der Waals surface area contributed by atoms with Crippen molar-refractivity contribution in [2.75, 3.05) is 0 Å². The van der Waals surface area contributed by atoms with Crippen LogP contribution in [0, 0.1) is 0 Å². The number of nitrogens with zero attached hydrogens (tertiary/aromatic N) is 2. The molecule has 0 amide bonds. The molecule has 0 fully saturated rings. The van der Waals surface area contributed by atoms with Gasteiger partial charge in [-0.1, -0.05) is 6.92 Å². The molecule has 0 bridgehead atoms. The van der Waals surface area contributed by atoms with Crippen LogP contribution in [-0.2, 0) is 6.42 Å². The molecule has 0 aromatic carbocycles. The van der Waals surface area contributed by atoms with Gasteiger partial charge in [0.25, 0.3) is 0 Å². The Hall–Kier alpha value is -0.680. The Labute approximate surface area is 94.7 Å². The lowest BCUT2D eigenvalue weighted by atomic mass is 10.3. The van der Waals surface area contributed by atoms with Gasteiger partial charge >= 0.3 is 0 Å². The summed E-state index contributed by atoms with van der Waals surface area (Å²) < 4.78 is 1.11. The number of hydrogen-bond acceptors (Lipinski definition) is 3. The number of H-pyrrole nitrogens is 1. The highest BCUT2D eigenvalue weighted by Crippen LogP contribution is 2.26. The van der Waals surface area contributed by atoms with Crippen molar-refractivity contribution in [1.29, 1.82) is 0 Å². The summed E-state index contributed by atoms with van der Waals surface area (Å²) in [6.07, 6.45) is 2.04. The maximum atomic E-state index is 4.40. The minimum atomic E-state index is 0.787. The SMILES string of the molecule is CCCc1nc(-c2csc(Br)c2)n[nH]1. The summed E-state index contributed by atoms with van der Waals surface area (Å²) >= 11 is 5.06. The van der Waals surface area contributed by atoms with Crippen molar-refractivity contribution in [3.8, 4) is 11.4 Å². The zero-order valence-corrected chi connectivity index (χ0v) is 10.2. The molecule has 0 aliphatic rings. The third kappa shape index (κ3) is 2.04. The highest BCUT2D eigenvalue weighted by atomic mass is 79.9. The number of thiophene rings is 1. The van der Waals surface area contributed by atoms with E-state index in [0.29, 0.717) is 0 Å². The van der Waals surface area contributed by atoms with E-state index in [-0.39, 0.29) is 0 Å². The molecular weight excluding hydrogens is 262 g/mol. The van der Waals surface area contributed by atoms with Gasteiger partial charge in [-0.05, 0) is 28.4 Å². The molecule has 0 spiro atoms. The van der Waals surface area contributed by atoms with Gasteiger partial charge in [0.2, 0.25) is 0 Å².